The minimum absolute atomic E-state index is 0.196. The van der Waals surface area contributed by atoms with Crippen molar-refractivity contribution in [2.75, 3.05) is 11.4 Å². The van der Waals surface area contributed by atoms with Gasteiger partial charge < -0.3 is 4.90 Å². The summed E-state index contributed by atoms with van der Waals surface area (Å²) >= 11 is 1.59. The molecule has 0 aliphatic carbocycles. The van der Waals surface area contributed by atoms with E-state index in [2.05, 4.69) is 0 Å². The molecule has 0 amide bonds. The second-order valence-corrected chi connectivity index (χ2v) is 5.02. The van der Waals surface area contributed by atoms with E-state index < -0.39 is 10.7 Å². The zero-order valence-corrected chi connectivity index (χ0v) is 11.2. The van der Waals surface area contributed by atoms with Gasteiger partial charge in [0.2, 0.25) is 0 Å². The van der Waals surface area contributed by atoms with Gasteiger partial charge in [-0.25, -0.2) is 4.39 Å². The molecule has 0 N–H and O–H groups in total. The number of anilines is 1. The van der Waals surface area contributed by atoms with Crippen LogP contribution in [0.15, 0.2) is 35.7 Å². The van der Waals surface area contributed by atoms with E-state index in [0.717, 1.165) is 10.9 Å². The molecule has 4 nitrogen and oxygen atoms in total. The lowest BCUT2D eigenvalue weighted by Gasteiger charge is -2.22. The predicted octanol–water partition coefficient (Wildman–Crippen LogP) is 3.82. The first kappa shape index (κ1) is 13.5. The van der Waals surface area contributed by atoms with E-state index in [9.17, 15) is 14.5 Å². The van der Waals surface area contributed by atoms with Crippen molar-refractivity contribution >= 4 is 22.7 Å². The minimum atomic E-state index is -0.595. The Hall–Kier alpha value is -1.95. The molecule has 2 aromatic rings. The van der Waals surface area contributed by atoms with E-state index >= 15 is 0 Å². The molecule has 0 radical (unpaired) electrons. The van der Waals surface area contributed by atoms with Gasteiger partial charge in [-0.1, -0.05) is 6.07 Å². The monoisotopic (exact) mass is 280 g/mol. The molecular weight excluding hydrogens is 267 g/mol. The summed E-state index contributed by atoms with van der Waals surface area (Å²) in [5, 5.41) is 13.0. The van der Waals surface area contributed by atoms with Crippen LogP contribution in [0.3, 0.4) is 0 Å². The Morgan fingerprint density at radius 3 is 2.79 bits per heavy atom. The minimum Gasteiger partial charge on any atom is -0.361 e. The van der Waals surface area contributed by atoms with Gasteiger partial charge in [0.25, 0.3) is 5.69 Å². The molecule has 0 aliphatic rings. The molecule has 0 saturated carbocycles. The molecule has 0 bridgehead atoms. The molecule has 19 heavy (non-hydrogen) atoms. The van der Waals surface area contributed by atoms with Crippen LogP contribution in [0, 0.1) is 15.9 Å². The third-order valence-corrected chi connectivity index (χ3v) is 3.64. The number of hydrogen-bond donors (Lipinski definition) is 0. The van der Waals surface area contributed by atoms with Crippen LogP contribution in [0.4, 0.5) is 15.8 Å². The average Bonchev–Trinajstić information content (AvgIpc) is 2.89. The van der Waals surface area contributed by atoms with Gasteiger partial charge in [-0.3, -0.25) is 10.1 Å². The zero-order chi connectivity index (χ0) is 13.8. The molecule has 0 fully saturated rings. The highest BCUT2D eigenvalue weighted by Crippen LogP contribution is 2.30. The van der Waals surface area contributed by atoms with Crippen LogP contribution in [0.25, 0.3) is 0 Å². The molecule has 1 aromatic heterocycles. The Morgan fingerprint density at radius 2 is 2.21 bits per heavy atom. The Morgan fingerprint density at radius 1 is 1.42 bits per heavy atom. The van der Waals surface area contributed by atoms with Gasteiger partial charge in [-0.2, -0.15) is 0 Å². The largest absolute Gasteiger partial charge is 0.361 e. The first-order valence-corrected chi connectivity index (χ1v) is 6.71. The van der Waals surface area contributed by atoms with E-state index in [-0.39, 0.29) is 5.69 Å². The van der Waals surface area contributed by atoms with Crippen LogP contribution in [0.5, 0.6) is 0 Å². The van der Waals surface area contributed by atoms with Gasteiger partial charge in [0, 0.05) is 11.4 Å². The van der Waals surface area contributed by atoms with Crippen molar-refractivity contribution in [3.05, 3.63) is 56.5 Å². The summed E-state index contributed by atoms with van der Waals surface area (Å²) in [5.41, 5.74) is 0.251. The second kappa shape index (κ2) is 5.79. The number of thiophene rings is 1. The average molecular weight is 280 g/mol. The van der Waals surface area contributed by atoms with Crippen LogP contribution in [0.2, 0.25) is 0 Å². The lowest BCUT2D eigenvalue weighted by Crippen LogP contribution is -2.22. The fourth-order valence-electron chi connectivity index (χ4n) is 1.87. The molecule has 6 heteroatoms. The molecule has 1 aromatic carbocycles. The number of nitro groups is 1. The third kappa shape index (κ3) is 3.08. The van der Waals surface area contributed by atoms with Crippen molar-refractivity contribution in [3.8, 4) is 0 Å². The Kier molecular flexibility index (Phi) is 4.11. The number of rotatable bonds is 5. The van der Waals surface area contributed by atoms with Gasteiger partial charge in [-0.15, -0.1) is 11.3 Å². The van der Waals surface area contributed by atoms with Crippen molar-refractivity contribution in [2.45, 2.75) is 13.5 Å². The van der Waals surface area contributed by atoms with Gasteiger partial charge in [-0.05, 0) is 30.5 Å². The van der Waals surface area contributed by atoms with Gasteiger partial charge in [0.15, 0.2) is 0 Å². The number of halogens is 1. The van der Waals surface area contributed by atoms with E-state index in [1.165, 1.54) is 12.1 Å². The number of nitrogens with zero attached hydrogens (tertiary/aromatic N) is 2. The maximum absolute atomic E-state index is 13.1. The molecule has 0 spiro atoms. The second-order valence-electron chi connectivity index (χ2n) is 3.98. The first-order valence-electron chi connectivity index (χ1n) is 5.83. The number of benzene rings is 1. The number of hydrogen-bond acceptors (Lipinski definition) is 4. The van der Waals surface area contributed by atoms with Gasteiger partial charge in [0.1, 0.15) is 11.5 Å². The Bertz CT molecular complexity index is 572. The van der Waals surface area contributed by atoms with Crippen molar-refractivity contribution in [2.24, 2.45) is 0 Å². The Labute approximate surface area is 114 Å². The highest BCUT2D eigenvalue weighted by Gasteiger charge is 2.19. The quantitative estimate of drug-likeness (QED) is 0.618. The number of nitro benzene ring substituents is 1. The summed E-state index contributed by atoms with van der Waals surface area (Å²) < 4.78 is 13.1. The summed E-state index contributed by atoms with van der Waals surface area (Å²) in [4.78, 5) is 13.4. The van der Waals surface area contributed by atoms with Crippen LogP contribution in [0.1, 0.15) is 11.8 Å². The standard InChI is InChI=1S/C13H13FN2O2S/c1-2-15(9-11-4-3-7-19-11)12-6-5-10(14)8-13(12)16(17)18/h3-8H,2,9H2,1H3. The molecule has 100 valence electrons. The van der Waals surface area contributed by atoms with Crippen molar-refractivity contribution in [1.82, 2.24) is 0 Å². The van der Waals surface area contributed by atoms with Gasteiger partial charge >= 0.3 is 0 Å². The Balaban J connectivity index is 2.35. The molecule has 0 unspecified atom stereocenters. The lowest BCUT2D eigenvalue weighted by molar-refractivity contribution is -0.384. The summed E-state index contributed by atoms with van der Waals surface area (Å²) in [6.07, 6.45) is 0. The summed E-state index contributed by atoms with van der Waals surface area (Å²) in [6.45, 7) is 3.12. The normalized spacial score (nSPS) is 10.4. The molecule has 0 saturated heterocycles. The van der Waals surface area contributed by atoms with Crippen LogP contribution >= 0.6 is 11.3 Å². The van der Waals surface area contributed by atoms with Gasteiger partial charge in [0.05, 0.1) is 17.5 Å². The topological polar surface area (TPSA) is 46.4 Å². The smallest absolute Gasteiger partial charge is 0.295 e. The fourth-order valence-corrected chi connectivity index (χ4v) is 2.59. The molecular formula is C13H13FN2O2S. The zero-order valence-electron chi connectivity index (χ0n) is 10.4. The highest BCUT2D eigenvalue weighted by atomic mass is 32.1. The van der Waals surface area contributed by atoms with E-state index in [1.54, 1.807) is 11.3 Å². The maximum atomic E-state index is 13.1. The molecule has 0 atom stereocenters. The summed E-state index contributed by atoms with van der Waals surface area (Å²) in [5.74, 6) is -0.595. The lowest BCUT2D eigenvalue weighted by atomic mass is 10.2. The van der Waals surface area contributed by atoms with Crippen molar-refractivity contribution in [3.63, 3.8) is 0 Å². The summed E-state index contributed by atoms with van der Waals surface area (Å²) in [6, 6.07) is 7.59. The van der Waals surface area contributed by atoms with Crippen LogP contribution < -0.4 is 4.90 Å². The molecule has 2 rings (SSSR count). The molecule has 0 aliphatic heterocycles. The molecule has 1 heterocycles. The maximum Gasteiger partial charge on any atom is 0.295 e. The third-order valence-electron chi connectivity index (χ3n) is 2.78. The van der Waals surface area contributed by atoms with Crippen LogP contribution in [-0.4, -0.2) is 11.5 Å². The first-order chi connectivity index (χ1) is 9.11. The van der Waals surface area contributed by atoms with E-state index in [4.69, 9.17) is 0 Å². The predicted molar refractivity (Wildman–Crippen MR) is 74.1 cm³/mol. The van der Waals surface area contributed by atoms with E-state index in [0.29, 0.717) is 18.8 Å². The van der Waals surface area contributed by atoms with Crippen molar-refractivity contribution < 1.29 is 9.31 Å². The highest BCUT2D eigenvalue weighted by molar-refractivity contribution is 7.09. The summed E-state index contributed by atoms with van der Waals surface area (Å²) in [7, 11) is 0. The fraction of sp³-hybridized carbons (Fsp3) is 0.231. The van der Waals surface area contributed by atoms with Crippen LogP contribution in [-0.2, 0) is 6.54 Å². The van der Waals surface area contributed by atoms with E-state index in [1.807, 2.05) is 29.3 Å². The SMILES string of the molecule is CCN(Cc1cccs1)c1ccc(F)cc1[N+](=O)[O-]. The van der Waals surface area contributed by atoms with Crippen molar-refractivity contribution in [1.29, 1.82) is 0 Å².